The summed E-state index contributed by atoms with van der Waals surface area (Å²) in [5, 5.41) is 10.6. The lowest BCUT2D eigenvalue weighted by Crippen LogP contribution is -2.05. The zero-order chi connectivity index (χ0) is 14.5. The van der Waals surface area contributed by atoms with Crippen LogP contribution < -0.4 is 14.2 Å². The number of benzene rings is 1. The molecular formula is C15H17NO4. The molecule has 20 heavy (non-hydrogen) atoms. The molecule has 0 spiro atoms. The number of hydrogen-bond donors (Lipinski definition) is 1. The van der Waals surface area contributed by atoms with Gasteiger partial charge in [0.25, 0.3) is 0 Å². The van der Waals surface area contributed by atoms with Crippen LogP contribution in [0.25, 0.3) is 0 Å². The molecule has 1 aromatic heterocycles. The second-order valence-electron chi connectivity index (χ2n) is 4.11. The molecular weight excluding hydrogens is 258 g/mol. The summed E-state index contributed by atoms with van der Waals surface area (Å²) in [7, 11) is 4.64. The first kappa shape index (κ1) is 14.1. The van der Waals surface area contributed by atoms with Crippen LogP contribution in [-0.2, 0) is 0 Å². The van der Waals surface area contributed by atoms with Crippen molar-refractivity contribution in [2.45, 2.75) is 6.10 Å². The van der Waals surface area contributed by atoms with Crippen LogP contribution in [0, 0.1) is 0 Å². The average Bonchev–Trinajstić information content (AvgIpc) is 2.53. The molecule has 0 aliphatic rings. The molecule has 0 saturated carbocycles. The van der Waals surface area contributed by atoms with Crippen molar-refractivity contribution in [1.29, 1.82) is 0 Å². The van der Waals surface area contributed by atoms with Gasteiger partial charge in [0.05, 0.1) is 21.3 Å². The van der Waals surface area contributed by atoms with Crippen molar-refractivity contribution in [3.63, 3.8) is 0 Å². The molecule has 106 valence electrons. The van der Waals surface area contributed by atoms with E-state index in [1.165, 1.54) is 7.11 Å². The molecule has 0 aliphatic carbocycles. The van der Waals surface area contributed by atoms with E-state index in [4.69, 9.17) is 14.2 Å². The van der Waals surface area contributed by atoms with Gasteiger partial charge in [0.2, 0.25) is 5.88 Å². The number of pyridine rings is 1. The quantitative estimate of drug-likeness (QED) is 0.906. The van der Waals surface area contributed by atoms with Crippen molar-refractivity contribution in [1.82, 2.24) is 4.98 Å². The zero-order valence-electron chi connectivity index (χ0n) is 11.7. The Kier molecular flexibility index (Phi) is 4.42. The third-order valence-corrected chi connectivity index (χ3v) is 3.02. The number of rotatable bonds is 5. The molecule has 1 N–H and O–H groups in total. The molecule has 0 amide bonds. The van der Waals surface area contributed by atoms with Gasteiger partial charge in [0.15, 0.2) is 0 Å². The SMILES string of the molecule is COc1ccc(OC)c(C(O)c2cccnc2OC)c1. The summed E-state index contributed by atoms with van der Waals surface area (Å²) in [6.45, 7) is 0. The number of ether oxygens (including phenoxy) is 3. The first-order chi connectivity index (χ1) is 9.71. The van der Waals surface area contributed by atoms with Gasteiger partial charge < -0.3 is 19.3 Å². The first-order valence-electron chi connectivity index (χ1n) is 6.10. The fourth-order valence-electron chi connectivity index (χ4n) is 2.00. The van der Waals surface area contributed by atoms with Crippen LogP contribution in [0.5, 0.6) is 17.4 Å². The maximum absolute atomic E-state index is 10.6. The standard InChI is InChI=1S/C15H17NO4/c1-18-10-6-7-13(19-2)12(9-10)14(17)11-5-4-8-16-15(11)20-3/h4-9,14,17H,1-3H3. The van der Waals surface area contributed by atoms with Gasteiger partial charge in [-0.2, -0.15) is 0 Å². The van der Waals surface area contributed by atoms with Crippen LogP contribution >= 0.6 is 0 Å². The van der Waals surface area contributed by atoms with E-state index in [0.29, 0.717) is 28.5 Å². The normalized spacial score (nSPS) is 11.8. The Morgan fingerprint density at radius 2 is 1.80 bits per heavy atom. The molecule has 1 atom stereocenters. The largest absolute Gasteiger partial charge is 0.497 e. The Balaban J connectivity index is 2.49. The molecule has 2 rings (SSSR count). The first-order valence-corrected chi connectivity index (χ1v) is 6.10. The third kappa shape index (κ3) is 2.67. The maximum atomic E-state index is 10.6. The molecule has 0 saturated heterocycles. The van der Waals surface area contributed by atoms with E-state index in [2.05, 4.69) is 4.98 Å². The molecule has 0 aliphatic heterocycles. The summed E-state index contributed by atoms with van der Waals surface area (Å²) < 4.78 is 15.6. The van der Waals surface area contributed by atoms with E-state index in [0.717, 1.165) is 0 Å². The highest BCUT2D eigenvalue weighted by atomic mass is 16.5. The van der Waals surface area contributed by atoms with Crippen molar-refractivity contribution in [3.8, 4) is 17.4 Å². The number of aromatic nitrogens is 1. The van der Waals surface area contributed by atoms with Gasteiger partial charge in [0.1, 0.15) is 17.6 Å². The van der Waals surface area contributed by atoms with E-state index in [1.807, 2.05) is 0 Å². The van der Waals surface area contributed by atoms with Crippen LogP contribution in [0.2, 0.25) is 0 Å². The molecule has 1 unspecified atom stereocenters. The highest BCUT2D eigenvalue weighted by Crippen LogP contribution is 2.35. The lowest BCUT2D eigenvalue weighted by molar-refractivity contribution is 0.207. The van der Waals surface area contributed by atoms with Crippen molar-refractivity contribution in [2.75, 3.05) is 21.3 Å². The monoisotopic (exact) mass is 275 g/mol. The summed E-state index contributed by atoms with van der Waals surface area (Å²) in [6.07, 6.45) is 0.696. The van der Waals surface area contributed by atoms with Crippen LogP contribution in [0.15, 0.2) is 36.5 Å². The van der Waals surface area contributed by atoms with Crippen LogP contribution in [0.3, 0.4) is 0 Å². The highest BCUT2D eigenvalue weighted by molar-refractivity contribution is 5.46. The second-order valence-corrected chi connectivity index (χ2v) is 4.11. The molecule has 0 fully saturated rings. The summed E-state index contributed by atoms with van der Waals surface area (Å²) in [5.41, 5.74) is 1.17. The lowest BCUT2D eigenvalue weighted by atomic mass is 10.0. The molecule has 0 bridgehead atoms. The highest BCUT2D eigenvalue weighted by Gasteiger charge is 2.20. The smallest absolute Gasteiger partial charge is 0.219 e. The Morgan fingerprint density at radius 3 is 2.45 bits per heavy atom. The minimum atomic E-state index is -0.913. The number of aliphatic hydroxyl groups is 1. The number of hydrogen-bond acceptors (Lipinski definition) is 5. The van der Waals surface area contributed by atoms with Gasteiger partial charge in [-0.05, 0) is 30.3 Å². The molecule has 1 aromatic carbocycles. The van der Waals surface area contributed by atoms with Crippen molar-refractivity contribution in [2.24, 2.45) is 0 Å². The Hall–Kier alpha value is -2.27. The average molecular weight is 275 g/mol. The topological polar surface area (TPSA) is 60.8 Å². The fraction of sp³-hybridized carbons (Fsp3) is 0.267. The van der Waals surface area contributed by atoms with Crippen LogP contribution in [-0.4, -0.2) is 31.4 Å². The van der Waals surface area contributed by atoms with E-state index in [9.17, 15) is 5.11 Å². The minimum absolute atomic E-state index is 0.380. The molecule has 5 nitrogen and oxygen atoms in total. The van der Waals surface area contributed by atoms with Crippen LogP contribution in [0.4, 0.5) is 0 Å². The van der Waals surface area contributed by atoms with Gasteiger partial charge >= 0.3 is 0 Å². The van der Waals surface area contributed by atoms with Crippen molar-refractivity contribution < 1.29 is 19.3 Å². The number of aliphatic hydroxyl groups excluding tert-OH is 1. The third-order valence-electron chi connectivity index (χ3n) is 3.02. The maximum Gasteiger partial charge on any atom is 0.219 e. The van der Waals surface area contributed by atoms with E-state index >= 15 is 0 Å². The molecule has 2 aromatic rings. The van der Waals surface area contributed by atoms with Gasteiger partial charge in [-0.15, -0.1) is 0 Å². The summed E-state index contributed by atoms with van der Waals surface area (Å²) >= 11 is 0. The molecule has 1 heterocycles. The molecule has 0 radical (unpaired) electrons. The van der Waals surface area contributed by atoms with Crippen molar-refractivity contribution in [3.05, 3.63) is 47.7 Å². The summed E-state index contributed by atoms with van der Waals surface area (Å²) in [4.78, 5) is 4.09. The zero-order valence-corrected chi connectivity index (χ0v) is 11.7. The van der Waals surface area contributed by atoms with Gasteiger partial charge in [0, 0.05) is 17.3 Å². The summed E-state index contributed by atoms with van der Waals surface area (Å²) in [5.74, 6) is 1.59. The Morgan fingerprint density at radius 1 is 1.00 bits per heavy atom. The molecule has 5 heteroatoms. The van der Waals surface area contributed by atoms with Gasteiger partial charge in [-0.3, -0.25) is 0 Å². The minimum Gasteiger partial charge on any atom is -0.497 e. The number of methoxy groups -OCH3 is 3. The van der Waals surface area contributed by atoms with Gasteiger partial charge in [-0.25, -0.2) is 4.98 Å². The fourth-order valence-corrected chi connectivity index (χ4v) is 2.00. The second kappa shape index (κ2) is 6.25. The van der Waals surface area contributed by atoms with Crippen molar-refractivity contribution >= 4 is 0 Å². The predicted molar refractivity (Wildman–Crippen MR) is 74.4 cm³/mol. The van der Waals surface area contributed by atoms with E-state index in [1.54, 1.807) is 50.7 Å². The lowest BCUT2D eigenvalue weighted by Gasteiger charge is -2.17. The summed E-state index contributed by atoms with van der Waals surface area (Å²) in [6, 6.07) is 8.76. The van der Waals surface area contributed by atoms with Crippen LogP contribution in [0.1, 0.15) is 17.2 Å². The van der Waals surface area contributed by atoms with E-state index < -0.39 is 6.10 Å². The van der Waals surface area contributed by atoms with E-state index in [-0.39, 0.29) is 0 Å². The van der Waals surface area contributed by atoms with Gasteiger partial charge in [-0.1, -0.05) is 0 Å². The Bertz CT molecular complexity index is 586. The predicted octanol–water partition coefficient (Wildman–Crippen LogP) is 2.19. The Labute approximate surface area is 117 Å². The number of nitrogens with zero attached hydrogens (tertiary/aromatic N) is 1.